The van der Waals surface area contributed by atoms with Crippen molar-refractivity contribution in [3.63, 3.8) is 0 Å². The van der Waals surface area contributed by atoms with E-state index in [1.165, 1.54) is 6.07 Å². The molecule has 130 valence electrons. The van der Waals surface area contributed by atoms with E-state index in [1.807, 2.05) is 30.3 Å². The smallest absolute Gasteiger partial charge is 0.416 e. The van der Waals surface area contributed by atoms with Gasteiger partial charge in [0.05, 0.1) is 12.1 Å². The van der Waals surface area contributed by atoms with Crippen LogP contribution in [0.2, 0.25) is 0 Å². The quantitative estimate of drug-likeness (QED) is 0.740. The van der Waals surface area contributed by atoms with Crippen LogP contribution in [0, 0.1) is 11.8 Å². The summed E-state index contributed by atoms with van der Waals surface area (Å²) in [6, 6.07) is 12.4. The van der Waals surface area contributed by atoms with Gasteiger partial charge in [-0.1, -0.05) is 42.2 Å². The molecular formula is C18H13BrF3NO2. The molecule has 0 fully saturated rings. The Morgan fingerprint density at radius 2 is 1.88 bits per heavy atom. The molecule has 0 saturated heterocycles. The Bertz CT molecular complexity index is 795. The Morgan fingerprint density at radius 3 is 2.52 bits per heavy atom. The topological polar surface area (TPSA) is 38.3 Å². The highest BCUT2D eigenvalue weighted by Crippen LogP contribution is 2.31. The van der Waals surface area contributed by atoms with Crippen LogP contribution in [0.1, 0.15) is 16.7 Å². The van der Waals surface area contributed by atoms with E-state index in [0.29, 0.717) is 5.56 Å². The maximum Gasteiger partial charge on any atom is 0.416 e. The van der Waals surface area contributed by atoms with Gasteiger partial charge >= 0.3 is 12.3 Å². The lowest BCUT2D eigenvalue weighted by Gasteiger charge is -2.07. The number of ether oxygens (including phenoxy) is 1. The molecule has 0 aliphatic heterocycles. The summed E-state index contributed by atoms with van der Waals surface area (Å²) in [7, 11) is 0. The predicted molar refractivity (Wildman–Crippen MR) is 90.7 cm³/mol. The van der Waals surface area contributed by atoms with Crippen molar-refractivity contribution in [2.24, 2.45) is 0 Å². The highest BCUT2D eigenvalue weighted by Gasteiger charge is 2.30. The molecule has 7 heteroatoms. The van der Waals surface area contributed by atoms with Crippen molar-refractivity contribution >= 4 is 22.0 Å². The van der Waals surface area contributed by atoms with Crippen molar-refractivity contribution in [1.29, 1.82) is 0 Å². The van der Waals surface area contributed by atoms with Crippen LogP contribution in [0.3, 0.4) is 0 Å². The number of hydrogen-bond donors (Lipinski definition) is 1. The molecule has 0 aliphatic rings. The fraction of sp³-hybridized carbons (Fsp3) is 0.167. The second kappa shape index (κ2) is 8.58. The molecule has 0 saturated carbocycles. The molecule has 2 aromatic rings. The Labute approximate surface area is 151 Å². The second-order valence-corrected chi connectivity index (χ2v) is 5.76. The average molecular weight is 412 g/mol. The third kappa shape index (κ3) is 6.16. The van der Waals surface area contributed by atoms with Crippen LogP contribution in [0.4, 0.5) is 18.0 Å². The molecule has 1 amide bonds. The zero-order chi connectivity index (χ0) is 18.3. The summed E-state index contributed by atoms with van der Waals surface area (Å²) in [5, 5.41) is 2.45. The number of hydrogen-bond acceptors (Lipinski definition) is 2. The summed E-state index contributed by atoms with van der Waals surface area (Å²) >= 11 is 3.06. The molecule has 1 N–H and O–H groups in total. The lowest BCUT2D eigenvalue weighted by Crippen LogP contribution is -2.24. The minimum absolute atomic E-state index is 0.0150. The number of rotatable bonds is 3. The van der Waals surface area contributed by atoms with E-state index in [1.54, 1.807) is 0 Å². The van der Waals surface area contributed by atoms with Gasteiger partial charge in [0.1, 0.15) is 6.61 Å². The van der Waals surface area contributed by atoms with Gasteiger partial charge in [-0.15, -0.1) is 0 Å². The van der Waals surface area contributed by atoms with Crippen LogP contribution in [0.5, 0.6) is 0 Å². The van der Waals surface area contributed by atoms with E-state index >= 15 is 0 Å². The number of halogens is 4. The maximum atomic E-state index is 12.6. The fourth-order valence-corrected chi connectivity index (χ4v) is 2.30. The third-order valence-corrected chi connectivity index (χ3v) is 3.71. The molecule has 25 heavy (non-hydrogen) atoms. The summed E-state index contributed by atoms with van der Waals surface area (Å²) in [5.74, 6) is 5.34. The number of nitrogens with one attached hydrogen (secondary N) is 1. The van der Waals surface area contributed by atoms with Crippen LogP contribution in [-0.4, -0.2) is 12.6 Å². The van der Waals surface area contributed by atoms with Crippen LogP contribution in [0.15, 0.2) is 53.0 Å². The molecule has 0 aromatic heterocycles. The van der Waals surface area contributed by atoms with Crippen molar-refractivity contribution in [2.45, 2.75) is 12.8 Å². The van der Waals surface area contributed by atoms with E-state index in [9.17, 15) is 18.0 Å². The van der Waals surface area contributed by atoms with Crippen molar-refractivity contribution in [3.05, 3.63) is 69.7 Å². The number of amides is 1. The largest absolute Gasteiger partial charge is 0.445 e. The van der Waals surface area contributed by atoms with Crippen molar-refractivity contribution < 1.29 is 22.7 Å². The molecule has 0 bridgehead atoms. The van der Waals surface area contributed by atoms with Crippen molar-refractivity contribution in [3.8, 4) is 11.8 Å². The third-order valence-electron chi connectivity index (χ3n) is 3.05. The van der Waals surface area contributed by atoms with E-state index in [2.05, 4.69) is 33.1 Å². The van der Waals surface area contributed by atoms with Crippen LogP contribution in [0.25, 0.3) is 0 Å². The van der Waals surface area contributed by atoms with Crippen LogP contribution >= 0.6 is 15.9 Å². The second-order valence-electron chi connectivity index (χ2n) is 4.91. The lowest BCUT2D eigenvalue weighted by atomic mass is 10.1. The molecule has 0 spiro atoms. The summed E-state index contributed by atoms with van der Waals surface area (Å²) in [6.45, 7) is 0.158. The van der Waals surface area contributed by atoms with E-state index in [-0.39, 0.29) is 17.6 Å². The first kappa shape index (κ1) is 18.9. The first-order valence-electron chi connectivity index (χ1n) is 7.16. The number of carbonyl (C=O) groups excluding carboxylic acids is 1. The Morgan fingerprint density at radius 1 is 1.16 bits per heavy atom. The van der Waals surface area contributed by atoms with Gasteiger partial charge in [-0.25, -0.2) is 4.79 Å². The Hall–Kier alpha value is -2.46. The molecule has 0 aliphatic carbocycles. The van der Waals surface area contributed by atoms with Gasteiger partial charge < -0.3 is 10.1 Å². The molecule has 2 aromatic carbocycles. The standard InChI is InChI=1S/C18H13BrF3NO2/c19-16-11-15(18(20,21)22)9-8-14(16)7-4-10-23-17(24)25-12-13-5-2-1-3-6-13/h1-3,5-6,8-9,11H,10,12H2,(H,23,24). The van der Waals surface area contributed by atoms with Gasteiger partial charge in [-0.2, -0.15) is 13.2 Å². The molecule has 2 rings (SSSR count). The average Bonchev–Trinajstić information content (AvgIpc) is 2.58. The zero-order valence-corrected chi connectivity index (χ0v) is 14.4. The normalized spacial score (nSPS) is 10.6. The number of alkyl halides is 3. The Kier molecular flexibility index (Phi) is 6.48. The monoisotopic (exact) mass is 411 g/mol. The van der Waals surface area contributed by atoms with Crippen LogP contribution in [-0.2, 0) is 17.5 Å². The lowest BCUT2D eigenvalue weighted by molar-refractivity contribution is -0.137. The summed E-state index contributed by atoms with van der Waals surface area (Å²) in [5.41, 5.74) is 0.498. The zero-order valence-electron chi connectivity index (χ0n) is 12.9. The minimum atomic E-state index is -4.40. The SMILES string of the molecule is O=C(NCC#Cc1ccc(C(F)(F)F)cc1Br)OCc1ccccc1. The number of benzene rings is 2. The summed E-state index contributed by atoms with van der Waals surface area (Å²) < 4.78 is 43.0. The van der Waals surface area contributed by atoms with E-state index < -0.39 is 17.8 Å². The van der Waals surface area contributed by atoms with E-state index in [4.69, 9.17) is 4.74 Å². The molecule has 3 nitrogen and oxygen atoms in total. The maximum absolute atomic E-state index is 12.6. The first-order chi connectivity index (χ1) is 11.9. The van der Waals surface area contributed by atoms with Crippen molar-refractivity contribution in [2.75, 3.05) is 6.54 Å². The molecule has 0 heterocycles. The summed E-state index contributed by atoms with van der Waals surface area (Å²) in [6.07, 6.45) is -5.02. The highest BCUT2D eigenvalue weighted by atomic mass is 79.9. The molecule has 0 unspecified atom stereocenters. The number of carbonyl (C=O) groups is 1. The molecule has 0 atom stereocenters. The highest BCUT2D eigenvalue weighted by molar-refractivity contribution is 9.10. The van der Waals surface area contributed by atoms with Gasteiger partial charge in [0.2, 0.25) is 0 Å². The minimum Gasteiger partial charge on any atom is -0.445 e. The van der Waals surface area contributed by atoms with Crippen molar-refractivity contribution in [1.82, 2.24) is 5.32 Å². The van der Waals surface area contributed by atoms with Gasteiger partial charge in [0, 0.05) is 10.0 Å². The van der Waals surface area contributed by atoms with Crippen LogP contribution < -0.4 is 5.32 Å². The van der Waals surface area contributed by atoms with E-state index in [0.717, 1.165) is 17.7 Å². The van der Waals surface area contributed by atoms with Gasteiger partial charge in [-0.05, 0) is 39.7 Å². The number of alkyl carbamates (subject to hydrolysis) is 1. The predicted octanol–water partition coefficient (Wildman–Crippen LogP) is 4.75. The first-order valence-corrected chi connectivity index (χ1v) is 7.96. The Balaban J connectivity index is 1.83. The fourth-order valence-electron chi connectivity index (χ4n) is 1.82. The molecule has 0 radical (unpaired) electrons. The van der Waals surface area contributed by atoms with Gasteiger partial charge in [-0.3, -0.25) is 0 Å². The molecular weight excluding hydrogens is 399 g/mol. The van der Waals surface area contributed by atoms with Gasteiger partial charge in [0.25, 0.3) is 0 Å². The van der Waals surface area contributed by atoms with Gasteiger partial charge in [0.15, 0.2) is 0 Å². The summed E-state index contributed by atoms with van der Waals surface area (Å²) in [4.78, 5) is 11.5.